The molecule has 132 valence electrons. The first-order valence-electron chi connectivity index (χ1n) is 6.96. The molecular formula is C16H15ClN2O6. The molecule has 0 aliphatic rings. The minimum atomic E-state index is -1.21. The molecule has 0 bridgehead atoms. The van der Waals surface area contributed by atoms with Crippen LogP contribution in [0.15, 0.2) is 42.5 Å². The van der Waals surface area contributed by atoms with Crippen molar-refractivity contribution >= 4 is 29.2 Å². The van der Waals surface area contributed by atoms with E-state index < -0.39 is 16.8 Å². The van der Waals surface area contributed by atoms with E-state index in [2.05, 4.69) is 0 Å². The third-order valence-corrected chi connectivity index (χ3v) is 3.16. The number of para-hydroxylation sites is 1. The van der Waals surface area contributed by atoms with Crippen molar-refractivity contribution in [2.45, 2.75) is 6.92 Å². The zero-order valence-corrected chi connectivity index (χ0v) is 13.9. The number of rotatable bonds is 5. The first-order valence-corrected chi connectivity index (χ1v) is 7.34. The number of hydrogen-bond donors (Lipinski definition) is 2. The van der Waals surface area contributed by atoms with Gasteiger partial charge in [-0.2, -0.15) is 0 Å². The van der Waals surface area contributed by atoms with Crippen molar-refractivity contribution in [3.05, 3.63) is 68.7 Å². The lowest BCUT2D eigenvalue weighted by atomic mass is 10.2. The van der Waals surface area contributed by atoms with E-state index in [-0.39, 0.29) is 16.3 Å². The van der Waals surface area contributed by atoms with Crippen molar-refractivity contribution in [1.82, 2.24) is 0 Å². The number of halogens is 1. The molecule has 25 heavy (non-hydrogen) atoms. The summed E-state index contributed by atoms with van der Waals surface area (Å²) in [5.74, 6) is -1.12. The van der Waals surface area contributed by atoms with Gasteiger partial charge in [0.15, 0.2) is 0 Å². The summed E-state index contributed by atoms with van der Waals surface area (Å²) in [4.78, 5) is 30.9. The molecule has 0 aliphatic carbocycles. The third-order valence-electron chi connectivity index (χ3n) is 2.85. The number of carbonyl (C=O) groups excluding carboxylic acids is 1. The van der Waals surface area contributed by atoms with E-state index in [9.17, 15) is 19.7 Å². The van der Waals surface area contributed by atoms with Gasteiger partial charge < -0.3 is 15.6 Å². The van der Waals surface area contributed by atoms with Crippen molar-refractivity contribution in [1.29, 1.82) is 0 Å². The molecule has 0 heterocycles. The van der Waals surface area contributed by atoms with Gasteiger partial charge in [-0.05, 0) is 25.1 Å². The maximum Gasteiger partial charge on any atom is 0.337 e. The van der Waals surface area contributed by atoms with E-state index in [1.807, 2.05) is 6.92 Å². The summed E-state index contributed by atoms with van der Waals surface area (Å²) >= 11 is 5.48. The third kappa shape index (κ3) is 5.78. The number of ether oxygens (including phenoxy) is 1. The summed E-state index contributed by atoms with van der Waals surface area (Å²) < 4.78 is 5.20. The SMILES string of the molecule is CCOc1ccccc1C(N)=O.O=C(O)c1ccc([N+](=O)[O-])cc1Cl. The van der Waals surface area contributed by atoms with Crippen molar-refractivity contribution in [3.8, 4) is 5.75 Å². The molecule has 3 N–H and O–H groups in total. The number of nitrogens with zero attached hydrogens (tertiary/aromatic N) is 1. The summed E-state index contributed by atoms with van der Waals surface area (Å²) in [6.07, 6.45) is 0. The Bertz CT molecular complexity index is 794. The molecule has 0 saturated carbocycles. The van der Waals surface area contributed by atoms with Gasteiger partial charge in [0.2, 0.25) is 0 Å². The topological polar surface area (TPSA) is 133 Å². The fourth-order valence-electron chi connectivity index (χ4n) is 1.74. The summed E-state index contributed by atoms with van der Waals surface area (Å²) in [5.41, 5.74) is 5.18. The molecule has 0 unspecified atom stereocenters. The fraction of sp³-hybridized carbons (Fsp3) is 0.125. The van der Waals surface area contributed by atoms with Gasteiger partial charge >= 0.3 is 5.97 Å². The van der Waals surface area contributed by atoms with Crippen LogP contribution in [0.1, 0.15) is 27.6 Å². The van der Waals surface area contributed by atoms with Gasteiger partial charge in [0.25, 0.3) is 11.6 Å². The largest absolute Gasteiger partial charge is 0.493 e. The van der Waals surface area contributed by atoms with Gasteiger partial charge in [0.1, 0.15) is 5.75 Å². The molecule has 8 nitrogen and oxygen atoms in total. The van der Waals surface area contributed by atoms with Crippen LogP contribution in [0.4, 0.5) is 5.69 Å². The molecule has 9 heteroatoms. The smallest absolute Gasteiger partial charge is 0.337 e. The minimum Gasteiger partial charge on any atom is -0.493 e. The number of carbonyl (C=O) groups is 2. The second kappa shape index (κ2) is 9.24. The number of carboxylic acids is 1. The summed E-state index contributed by atoms with van der Waals surface area (Å²) in [6.45, 7) is 2.39. The van der Waals surface area contributed by atoms with Crippen LogP contribution in [0, 0.1) is 10.1 Å². The van der Waals surface area contributed by atoms with Gasteiger partial charge in [-0.3, -0.25) is 14.9 Å². The Kier molecular flexibility index (Phi) is 7.36. The minimum absolute atomic E-state index is 0.137. The number of amides is 1. The maximum absolute atomic E-state index is 10.8. The standard InChI is InChI=1S/C9H11NO2.C7H4ClNO4/c1-2-12-8-6-4-3-5-7(8)9(10)11;8-6-3-4(9(12)13)1-2-5(6)7(10)11/h3-6H,2H2,1H3,(H2,10,11);1-3H,(H,10,11). The molecule has 0 atom stereocenters. The molecule has 0 spiro atoms. The summed E-state index contributed by atoms with van der Waals surface area (Å²) in [5, 5.41) is 18.6. The molecule has 0 fully saturated rings. The van der Waals surface area contributed by atoms with Crippen LogP contribution in [-0.4, -0.2) is 28.5 Å². The number of hydrogen-bond acceptors (Lipinski definition) is 5. The predicted octanol–water partition coefficient (Wildman–Crippen LogP) is 3.13. The second-order valence-electron chi connectivity index (χ2n) is 4.52. The van der Waals surface area contributed by atoms with Gasteiger partial charge in [-0.25, -0.2) is 4.79 Å². The Morgan fingerprint density at radius 2 is 1.88 bits per heavy atom. The van der Waals surface area contributed by atoms with E-state index in [1.54, 1.807) is 24.3 Å². The summed E-state index contributed by atoms with van der Waals surface area (Å²) in [6, 6.07) is 10.1. The number of non-ortho nitro benzene ring substituents is 1. The van der Waals surface area contributed by atoms with Crippen LogP contribution < -0.4 is 10.5 Å². The Labute approximate surface area is 147 Å². The number of primary amides is 1. The Morgan fingerprint density at radius 3 is 2.36 bits per heavy atom. The van der Waals surface area contributed by atoms with Crippen LogP contribution in [0.2, 0.25) is 5.02 Å². The fourth-order valence-corrected chi connectivity index (χ4v) is 2.00. The normalized spacial score (nSPS) is 9.52. The Balaban J connectivity index is 0.000000251. The molecule has 0 aliphatic heterocycles. The van der Waals surface area contributed by atoms with Crippen molar-refractivity contribution < 1.29 is 24.4 Å². The monoisotopic (exact) mass is 366 g/mol. The Morgan fingerprint density at radius 1 is 1.24 bits per heavy atom. The van der Waals surface area contributed by atoms with Crippen LogP contribution in [0.5, 0.6) is 5.75 Å². The van der Waals surface area contributed by atoms with Gasteiger partial charge in [-0.1, -0.05) is 23.7 Å². The average Bonchev–Trinajstić information content (AvgIpc) is 2.55. The Hall–Kier alpha value is -3.13. The zero-order chi connectivity index (χ0) is 19.0. The van der Waals surface area contributed by atoms with Gasteiger partial charge in [0, 0.05) is 12.1 Å². The first-order chi connectivity index (χ1) is 11.8. The summed E-state index contributed by atoms with van der Waals surface area (Å²) in [7, 11) is 0. The molecule has 2 aromatic carbocycles. The molecular weight excluding hydrogens is 352 g/mol. The lowest BCUT2D eigenvalue weighted by Gasteiger charge is -2.05. The molecule has 0 saturated heterocycles. The molecule has 0 aromatic heterocycles. The number of aromatic carboxylic acids is 1. The number of benzene rings is 2. The van der Waals surface area contributed by atoms with Gasteiger partial charge in [-0.15, -0.1) is 0 Å². The van der Waals surface area contributed by atoms with Gasteiger partial charge in [0.05, 0.1) is 27.7 Å². The van der Waals surface area contributed by atoms with E-state index >= 15 is 0 Å². The van der Waals surface area contributed by atoms with E-state index in [0.717, 1.165) is 18.2 Å². The lowest BCUT2D eigenvalue weighted by Crippen LogP contribution is -2.12. The number of nitro benzene ring substituents is 1. The van der Waals surface area contributed by atoms with Crippen LogP contribution in [-0.2, 0) is 0 Å². The van der Waals surface area contributed by atoms with E-state index in [1.165, 1.54) is 0 Å². The number of nitrogens with two attached hydrogens (primary N) is 1. The number of nitro groups is 1. The second-order valence-corrected chi connectivity index (χ2v) is 4.93. The van der Waals surface area contributed by atoms with E-state index in [0.29, 0.717) is 17.9 Å². The highest BCUT2D eigenvalue weighted by molar-refractivity contribution is 6.33. The highest BCUT2D eigenvalue weighted by Crippen LogP contribution is 2.22. The predicted molar refractivity (Wildman–Crippen MR) is 91.2 cm³/mol. The van der Waals surface area contributed by atoms with E-state index in [4.69, 9.17) is 27.2 Å². The van der Waals surface area contributed by atoms with Crippen LogP contribution in [0.25, 0.3) is 0 Å². The highest BCUT2D eigenvalue weighted by atomic mass is 35.5. The van der Waals surface area contributed by atoms with Crippen molar-refractivity contribution in [3.63, 3.8) is 0 Å². The molecule has 1 amide bonds. The van der Waals surface area contributed by atoms with Crippen molar-refractivity contribution in [2.75, 3.05) is 6.61 Å². The van der Waals surface area contributed by atoms with Crippen molar-refractivity contribution in [2.24, 2.45) is 5.73 Å². The number of carboxylic acid groups (broad SMARTS) is 1. The lowest BCUT2D eigenvalue weighted by molar-refractivity contribution is -0.384. The average molecular weight is 367 g/mol. The first kappa shape index (κ1) is 19.9. The quantitative estimate of drug-likeness (QED) is 0.616. The molecule has 2 aromatic rings. The molecule has 0 radical (unpaired) electrons. The van der Waals surface area contributed by atoms with Crippen LogP contribution in [0.3, 0.4) is 0 Å². The van der Waals surface area contributed by atoms with Crippen LogP contribution >= 0.6 is 11.6 Å². The zero-order valence-electron chi connectivity index (χ0n) is 13.1. The maximum atomic E-state index is 10.8. The highest BCUT2D eigenvalue weighted by Gasteiger charge is 2.13. The molecule has 2 rings (SSSR count).